The first-order valence-corrected chi connectivity index (χ1v) is 13.1. The van der Waals surface area contributed by atoms with Gasteiger partial charge in [-0.25, -0.2) is 14.8 Å². The van der Waals surface area contributed by atoms with E-state index >= 15 is 0 Å². The smallest absolute Gasteiger partial charge is 0.368 e. The zero-order valence-corrected chi connectivity index (χ0v) is 23.1. The summed E-state index contributed by atoms with van der Waals surface area (Å²) in [4.78, 5) is 37.6. The Morgan fingerprint density at radius 2 is 1.70 bits per heavy atom. The van der Waals surface area contributed by atoms with Crippen molar-refractivity contribution < 1.29 is 32.0 Å². The molecule has 0 bridgehead atoms. The minimum atomic E-state index is -4.72. The highest BCUT2D eigenvalue weighted by atomic mass is 19.4. The van der Waals surface area contributed by atoms with E-state index in [2.05, 4.69) is 36.2 Å². The Morgan fingerprint density at radius 3 is 2.39 bits per heavy atom. The van der Waals surface area contributed by atoms with Crippen molar-refractivity contribution in [3.63, 3.8) is 0 Å². The van der Waals surface area contributed by atoms with Crippen molar-refractivity contribution in [1.82, 2.24) is 20.2 Å². The van der Waals surface area contributed by atoms with E-state index in [0.29, 0.717) is 17.0 Å². The quantitative estimate of drug-likeness (QED) is 0.187. The van der Waals surface area contributed by atoms with Gasteiger partial charge in [-0.3, -0.25) is 19.6 Å². The number of anilines is 4. The number of carbonyl (C=O) groups is 2. The molecule has 12 nitrogen and oxygen atoms in total. The summed E-state index contributed by atoms with van der Waals surface area (Å²) in [6.07, 6.45) is -0.113. The molecule has 0 radical (unpaired) electrons. The van der Waals surface area contributed by atoms with E-state index in [9.17, 15) is 22.8 Å². The Morgan fingerprint density at radius 1 is 0.955 bits per heavy atom. The first kappa shape index (κ1) is 29.6. The van der Waals surface area contributed by atoms with Crippen LogP contribution in [0.3, 0.4) is 0 Å². The topological polar surface area (TPSA) is 165 Å². The number of nitrogen functional groups attached to an aromatic ring is 1. The third kappa shape index (κ3) is 7.70. The first-order chi connectivity index (χ1) is 21.0. The van der Waals surface area contributed by atoms with Gasteiger partial charge in [0.25, 0.3) is 6.20 Å². The predicted molar refractivity (Wildman–Crippen MR) is 153 cm³/mol. The summed E-state index contributed by atoms with van der Waals surface area (Å²) in [7, 11) is 0. The molecule has 44 heavy (non-hydrogen) atoms. The van der Waals surface area contributed by atoms with Gasteiger partial charge in [-0.2, -0.15) is 13.2 Å². The number of hydrogen-bond donors (Lipinski definition) is 4. The van der Waals surface area contributed by atoms with Gasteiger partial charge in [0.05, 0.1) is 17.7 Å². The van der Waals surface area contributed by atoms with E-state index in [1.165, 1.54) is 16.9 Å². The second-order valence-corrected chi connectivity index (χ2v) is 9.62. The molecule has 5 N–H and O–H groups in total. The highest BCUT2D eigenvalue weighted by Gasteiger charge is 2.31. The Kier molecular flexibility index (Phi) is 8.46. The standard InChI is InChI=1S/C29H24F3N9O3/c1-17-24(14-35-27(33)36-17)19-7-8-21(34-13-19)15-41-16-26(44-40-41)39-28(43)38-23-11-20(29(30,31)32)10-22(12-23)37-25(42)9-18-5-3-2-4-6-18/h2-8,10-14,16H,9,15H2,1H3,(H4-,33,35,36,37,38,39,40,42,43)/p+1. The molecule has 0 spiro atoms. The lowest BCUT2D eigenvalue weighted by Gasteiger charge is -2.14. The van der Waals surface area contributed by atoms with E-state index in [4.69, 9.17) is 10.3 Å². The summed E-state index contributed by atoms with van der Waals surface area (Å²) in [6, 6.07) is 14.2. The van der Waals surface area contributed by atoms with Gasteiger partial charge in [-0.05, 0) is 41.4 Å². The average Bonchev–Trinajstić information content (AvgIpc) is 3.39. The van der Waals surface area contributed by atoms with Crippen molar-refractivity contribution >= 4 is 35.1 Å². The van der Waals surface area contributed by atoms with Crippen molar-refractivity contribution in [3.05, 3.63) is 102 Å². The number of nitrogens with zero attached hydrogens (tertiary/aromatic N) is 5. The summed E-state index contributed by atoms with van der Waals surface area (Å²) >= 11 is 0. The molecule has 0 aliphatic heterocycles. The van der Waals surface area contributed by atoms with Crippen LogP contribution < -0.4 is 26.4 Å². The molecule has 0 saturated carbocycles. The Balaban J connectivity index is 1.21. The van der Waals surface area contributed by atoms with E-state index in [0.717, 1.165) is 23.3 Å². The Labute approximate surface area is 248 Å². The molecule has 0 unspecified atom stereocenters. The third-order valence-electron chi connectivity index (χ3n) is 6.21. The highest BCUT2D eigenvalue weighted by Crippen LogP contribution is 2.33. The monoisotopic (exact) mass is 604 g/mol. The molecule has 3 heterocycles. The number of rotatable bonds is 8. The number of carbonyl (C=O) groups excluding carboxylic acids is 2. The van der Waals surface area contributed by atoms with Crippen LogP contribution in [0.2, 0.25) is 0 Å². The van der Waals surface area contributed by atoms with Gasteiger partial charge < -0.3 is 16.4 Å². The number of benzene rings is 2. The molecule has 224 valence electrons. The van der Waals surface area contributed by atoms with Crippen LogP contribution in [0.15, 0.2) is 83.8 Å². The molecule has 0 saturated heterocycles. The van der Waals surface area contributed by atoms with Gasteiger partial charge in [0.1, 0.15) is 5.69 Å². The van der Waals surface area contributed by atoms with Gasteiger partial charge in [-0.1, -0.05) is 36.4 Å². The van der Waals surface area contributed by atoms with E-state index in [-0.39, 0.29) is 36.2 Å². The SMILES string of the molecule is Cc1nc(N)ncc1-c1ccc(C[n+]2cc(NC(=O)Nc3cc(NC(=O)Cc4ccccc4)cc(C(F)(F)F)c3)on2)nc1. The molecular formula is C29H25F3N9O3+. The number of hydrogen-bond acceptors (Lipinski definition) is 8. The van der Waals surface area contributed by atoms with Crippen LogP contribution in [-0.4, -0.2) is 32.2 Å². The van der Waals surface area contributed by atoms with Gasteiger partial charge in [-0.15, -0.1) is 0 Å². The van der Waals surface area contributed by atoms with Crippen LogP contribution in [0, 0.1) is 6.92 Å². The normalized spacial score (nSPS) is 11.2. The third-order valence-corrected chi connectivity index (χ3v) is 6.21. The van der Waals surface area contributed by atoms with Gasteiger partial charge in [0.2, 0.25) is 23.7 Å². The molecule has 3 amide bonds. The lowest BCUT2D eigenvalue weighted by Crippen LogP contribution is -2.35. The van der Waals surface area contributed by atoms with Gasteiger partial charge >= 0.3 is 18.1 Å². The Bertz CT molecular complexity index is 1790. The number of nitrogens with two attached hydrogens (primary N) is 1. The number of alkyl halides is 3. The van der Waals surface area contributed by atoms with Crippen molar-refractivity contribution in [2.75, 3.05) is 21.7 Å². The van der Waals surface area contributed by atoms with E-state index in [1.54, 1.807) is 48.8 Å². The molecule has 5 aromatic rings. The van der Waals surface area contributed by atoms with Crippen molar-refractivity contribution in [2.45, 2.75) is 26.1 Å². The molecule has 0 aliphatic carbocycles. The fourth-order valence-corrected chi connectivity index (χ4v) is 4.22. The lowest BCUT2D eigenvalue weighted by atomic mass is 10.1. The zero-order valence-electron chi connectivity index (χ0n) is 23.1. The fraction of sp³-hybridized carbons (Fsp3) is 0.138. The number of aromatic nitrogens is 5. The maximum Gasteiger partial charge on any atom is 0.416 e. The zero-order chi connectivity index (χ0) is 31.3. The molecule has 3 aromatic heterocycles. The molecule has 5 rings (SSSR count). The van der Waals surface area contributed by atoms with E-state index < -0.39 is 23.7 Å². The molecule has 0 atom stereocenters. The van der Waals surface area contributed by atoms with Crippen LogP contribution in [0.25, 0.3) is 11.1 Å². The molecule has 0 fully saturated rings. The minimum Gasteiger partial charge on any atom is -0.368 e. The summed E-state index contributed by atoms with van der Waals surface area (Å²) in [6.45, 7) is 2.01. The van der Waals surface area contributed by atoms with Crippen LogP contribution in [-0.2, 0) is 23.9 Å². The van der Waals surface area contributed by atoms with Gasteiger partial charge in [0, 0.05) is 34.9 Å². The molecule has 0 aliphatic rings. The maximum absolute atomic E-state index is 13.6. The number of nitrogens with one attached hydrogen (secondary N) is 3. The predicted octanol–water partition coefficient (Wildman–Crippen LogP) is 4.60. The molecular weight excluding hydrogens is 579 g/mol. The summed E-state index contributed by atoms with van der Waals surface area (Å²) in [5.74, 6) is -0.410. The first-order valence-electron chi connectivity index (χ1n) is 13.1. The Hall–Kier alpha value is -5.86. The lowest BCUT2D eigenvalue weighted by molar-refractivity contribution is -0.755. The van der Waals surface area contributed by atoms with Crippen LogP contribution in [0.5, 0.6) is 0 Å². The number of pyridine rings is 1. The number of urea groups is 1. The van der Waals surface area contributed by atoms with Crippen molar-refractivity contribution in [2.24, 2.45) is 0 Å². The summed E-state index contributed by atoms with van der Waals surface area (Å²) in [5.41, 5.74) is 7.83. The average molecular weight is 605 g/mol. The molecule has 2 aromatic carbocycles. The second-order valence-electron chi connectivity index (χ2n) is 9.62. The second kappa shape index (κ2) is 12.6. The van der Waals surface area contributed by atoms with Crippen LogP contribution in [0.4, 0.5) is 41.2 Å². The minimum absolute atomic E-state index is 0.0390. The number of amides is 3. The highest BCUT2D eigenvalue weighted by molar-refractivity contribution is 6.00. The number of halogens is 3. The van der Waals surface area contributed by atoms with Crippen molar-refractivity contribution in [1.29, 1.82) is 0 Å². The van der Waals surface area contributed by atoms with Crippen LogP contribution in [0.1, 0.15) is 22.5 Å². The largest absolute Gasteiger partial charge is 0.416 e. The van der Waals surface area contributed by atoms with Gasteiger partial charge in [0.15, 0.2) is 0 Å². The fourth-order valence-electron chi connectivity index (χ4n) is 4.22. The molecule has 15 heteroatoms. The van der Waals surface area contributed by atoms with E-state index in [1.807, 2.05) is 13.0 Å². The summed E-state index contributed by atoms with van der Waals surface area (Å²) in [5, 5.41) is 11.0. The van der Waals surface area contributed by atoms with Crippen LogP contribution >= 0.6 is 0 Å². The maximum atomic E-state index is 13.6. The van der Waals surface area contributed by atoms with Crippen molar-refractivity contribution in [3.8, 4) is 11.1 Å². The number of aryl methyl sites for hydroxylation is 1. The summed E-state index contributed by atoms with van der Waals surface area (Å²) < 4.78 is 47.2.